The Morgan fingerprint density at radius 2 is 0.459 bits per heavy atom. The summed E-state index contributed by atoms with van der Waals surface area (Å²) in [4.78, 5) is 5.35. The highest BCUT2D eigenvalue weighted by Gasteiger charge is 2.47. The summed E-state index contributed by atoms with van der Waals surface area (Å²) in [6.07, 6.45) is 2.24. The molecule has 614 valence electrons. The molecular weight excluding hydrogens is 1470 g/mol. The molecule has 5 heterocycles. The lowest BCUT2D eigenvalue weighted by molar-refractivity contribution is 0.402. The van der Waals surface area contributed by atoms with Gasteiger partial charge in [-0.2, -0.15) is 0 Å². The molecule has 20 rings (SSSR count). The first-order valence-electron chi connectivity index (χ1n) is 45.1. The molecule has 0 radical (unpaired) electrons. The Morgan fingerprint density at radius 3 is 0.730 bits per heavy atom. The van der Waals surface area contributed by atoms with Gasteiger partial charge in [-0.15, -0.1) is 0 Å². The number of aromatic nitrogens is 3. The molecule has 0 spiro atoms. The van der Waals surface area contributed by atoms with Crippen molar-refractivity contribution >= 4 is 123 Å². The molecule has 0 saturated heterocycles. The van der Waals surface area contributed by atoms with Gasteiger partial charge >= 0.3 is 0 Å². The third-order valence-corrected chi connectivity index (χ3v) is 28.9. The van der Waals surface area contributed by atoms with Gasteiger partial charge in [0, 0.05) is 77.8 Å². The van der Waals surface area contributed by atoms with Crippen molar-refractivity contribution in [3.8, 4) is 39.3 Å². The topological polar surface area (TPSA) is 21.3 Å². The zero-order valence-corrected chi connectivity index (χ0v) is 77.3. The minimum absolute atomic E-state index is 0.0516. The first kappa shape index (κ1) is 79.4. The third-order valence-electron chi connectivity index (χ3n) is 28.9. The van der Waals surface area contributed by atoms with E-state index in [-0.39, 0.29) is 60.9 Å². The number of hydrogen-bond donors (Lipinski definition) is 0. The zero-order valence-electron chi connectivity index (χ0n) is 77.3. The summed E-state index contributed by atoms with van der Waals surface area (Å²) >= 11 is 0. The van der Waals surface area contributed by atoms with Crippen molar-refractivity contribution in [2.45, 2.75) is 247 Å². The second-order valence-electron chi connectivity index (χ2n) is 45.9. The number of benzene rings is 13. The van der Waals surface area contributed by atoms with Crippen LogP contribution in [0.4, 0.5) is 34.1 Å². The summed E-state index contributed by atoms with van der Waals surface area (Å²) in [6.45, 7) is 61.5. The van der Waals surface area contributed by atoms with E-state index in [0.29, 0.717) is 0 Å². The van der Waals surface area contributed by atoms with Crippen molar-refractivity contribution in [1.82, 2.24) is 13.7 Å². The van der Waals surface area contributed by atoms with Gasteiger partial charge in [0.2, 0.25) is 0 Å². The maximum absolute atomic E-state index is 2.68. The monoisotopic (exact) mass is 1600 g/mol. The maximum atomic E-state index is 2.68. The fourth-order valence-corrected chi connectivity index (χ4v) is 22.6. The van der Waals surface area contributed by atoms with Gasteiger partial charge in [0.1, 0.15) is 0 Å². The molecule has 5 nitrogen and oxygen atoms in total. The van der Waals surface area contributed by atoms with Gasteiger partial charge in [-0.1, -0.05) is 289 Å². The minimum atomic E-state index is -0.225. The van der Waals surface area contributed by atoms with E-state index in [0.717, 1.165) is 64.0 Å². The molecule has 3 aromatic heterocycles. The number of rotatable bonds is 7. The van der Waals surface area contributed by atoms with Crippen LogP contribution in [0.2, 0.25) is 0 Å². The first-order chi connectivity index (χ1) is 57.2. The van der Waals surface area contributed by atoms with Crippen molar-refractivity contribution in [2.24, 2.45) is 0 Å². The Bertz CT molecular complexity index is 6550. The van der Waals surface area contributed by atoms with Crippen molar-refractivity contribution in [2.75, 3.05) is 9.80 Å². The summed E-state index contributed by atoms with van der Waals surface area (Å²) in [5, 5.41) is 7.61. The van der Waals surface area contributed by atoms with Gasteiger partial charge in [-0.05, 0) is 295 Å². The molecule has 0 N–H and O–H groups in total. The molecule has 13 aromatic carbocycles. The standard InChI is InChI=1S/C116H122BN5/c1-107(2,3)73-33-49-96-84(57-73)85-58-74(108(4,5)6)34-50-97(85)120(96)81-43-47-94-102(63-81)118(79-39-27-69(28-40-79)71-31-45-90-92(55-71)115(23,24)67-113(90,19)20)104-65-83(122-100-53-37-77(111(13,14)15)61-88(100)89-62-78(112(16,17)18)38-54-101(89)122)66-105-106(104)117(94)95-48-44-82(121-98-51-35-75(109(7,8)9)59-86(98)87-60-76(110(10,11)12)36-52-99(87)121)64-103(95)119(105)80-41-29-70(30-42-80)72-32-46-91-93(56-72)116(25,26)68-114(91,21)22/h27-66H,67-68H2,1-26H3. The summed E-state index contributed by atoms with van der Waals surface area (Å²) in [6, 6.07) is 98.1. The van der Waals surface area contributed by atoms with Crippen LogP contribution < -0.4 is 26.2 Å². The fraction of sp³-hybridized carbons (Fsp3) is 0.328. The van der Waals surface area contributed by atoms with Crippen LogP contribution in [0.25, 0.3) is 105 Å². The second-order valence-corrected chi connectivity index (χ2v) is 45.9. The highest BCUT2D eigenvalue weighted by molar-refractivity contribution is 7.00. The molecule has 2 aliphatic carbocycles. The largest absolute Gasteiger partial charge is 0.311 e. The molecular formula is C116H122BN5. The Balaban J connectivity index is 0.906. The van der Waals surface area contributed by atoms with E-state index in [4.69, 9.17) is 0 Å². The highest BCUT2D eigenvalue weighted by atomic mass is 15.2. The van der Waals surface area contributed by atoms with Gasteiger partial charge < -0.3 is 23.5 Å². The lowest BCUT2D eigenvalue weighted by Gasteiger charge is -2.44. The van der Waals surface area contributed by atoms with Crippen LogP contribution in [0, 0.1) is 0 Å². The van der Waals surface area contributed by atoms with Crippen LogP contribution in [0.5, 0.6) is 0 Å². The number of nitrogens with zero attached hydrogens (tertiary/aromatic N) is 5. The van der Waals surface area contributed by atoms with E-state index in [1.807, 2.05) is 0 Å². The average molecular weight is 1600 g/mol. The Kier molecular flexibility index (Phi) is 17.1. The first-order valence-corrected chi connectivity index (χ1v) is 45.1. The molecule has 0 saturated carbocycles. The molecule has 4 aliphatic rings. The van der Waals surface area contributed by atoms with E-state index in [9.17, 15) is 0 Å². The highest BCUT2D eigenvalue weighted by Crippen LogP contribution is 2.55. The molecule has 0 amide bonds. The second kappa shape index (κ2) is 26.2. The summed E-state index contributed by atoms with van der Waals surface area (Å²) in [5.41, 5.74) is 39.6. The van der Waals surface area contributed by atoms with Crippen LogP contribution in [0.1, 0.15) is 248 Å². The van der Waals surface area contributed by atoms with E-state index < -0.39 is 0 Å². The molecule has 122 heavy (non-hydrogen) atoms. The Labute approximate surface area is 725 Å². The number of anilines is 6. The smallest absolute Gasteiger partial charge is 0.252 e. The van der Waals surface area contributed by atoms with Gasteiger partial charge in [-0.25, -0.2) is 0 Å². The molecule has 0 fully saturated rings. The van der Waals surface area contributed by atoms with E-state index in [1.54, 1.807) is 0 Å². The summed E-state index contributed by atoms with van der Waals surface area (Å²) < 4.78 is 7.77. The Morgan fingerprint density at radius 1 is 0.221 bits per heavy atom. The van der Waals surface area contributed by atoms with Gasteiger partial charge in [0.15, 0.2) is 0 Å². The van der Waals surface area contributed by atoms with Crippen LogP contribution in [-0.4, -0.2) is 20.4 Å². The maximum Gasteiger partial charge on any atom is 0.252 e. The molecule has 16 aromatic rings. The average Bonchev–Trinajstić information content (AvgIpc) is 0.871. The third kappa shape index (κ3) is 12.5. The van der Waals surface area contributed by atoms with Gasteiger partial charge in [-0.3, -0.25) is 0 Å². The number of fused-ring (bicyclic) bond motifs is 15. The molecule has 0 unspecified atom stereocenters. The van der Waals surface area contributed by atoms with Crippen molar-refractivity contribution in [3.63, 3.8) is 0 Å². The van der Waals surface area contributed by atoms with Crippen LogP contribution >= 0.6 is 0 Å². The van der Waals surface area contributed by atoms with E-state index >= 15 is 0 Å². The summed E-state index contributed by atoms with van der Waals surface area (Å²) in [5.74, 6) is 0. The molecule has 0 bridgehead atoms. The van der Waals surface area contributed by atoms with E-state index in [2.05, 4.69) is 446 Å². The minimum Gasteiger partial charge on any atom is -0.311 e. The lowest BCUT2D eigenvalue weighted by Crippen LogP contribution is -2.61. The van der Waals surface area contributed by atoms with Crippen molar-refractivity contribution < 1.29 is 0 Å². The Hall–Kier alpha value is -11.1. The van der Waals surface area contributed by atoms with Crippen LogP contribution in [-0.2, 0) is 54.1 Å². The molecule has 2 aliphatic heterocycles. The number of hydrogen-bond acceptors (Lipinski definition) is 2. The zero-order chi connectivity index (χ0) is 86.1. The predicted octanol–water partition coefficient (Wildman–Crippen LogP) is 30.1. The van der Waals surface area contributed by atoms with Crippen molar-refractivity contribution in [1.29, 1.82) is 0 Å². The SMILES string of the molecule is CC(C)(C)c1ccc2c(c1)c1cc(C(C)(C)C)ccc1n2-c1ccc2c(c1)N(c1ccc(-c3ccc4c(c3)C(C)(C)CC4(C)C)cc1)c1cc(-n3c4ccc(C(C)(C)C)cc4c4cc(C(C)(C)C)ccc43)cc3c1B2c1ccc(-n2c4ccc(C(C)(C)C)cc4c4cc(C(C)(C)C)ccc42)cc1N3c1ccc(-c2ccc3c(c2)C(C)(C)CC3(C)C)cc1. The van der Waals surface area contributed by atoms with Crippen molar-refractivity contribution in [3.05, 3.63) is 298 Å². The predicted molar refractivity (Wildman–Crippen MR) is 528 cm³/mol. The van der Waals surface area contributed by atoms with Crippen LogP contribution in [0.15, 0.2) is 243 Å². The normalized spacial score (nSPS) is 16.1. The molecule has 6 heteroatoms. The quantitative estimate of drug-likeness (QED) is 0.148. The lowest BCUT2D eigenvalue weighted by atomic mass is 9.33. The molecule has 0 atom stereocenters. The summed E-state index contributed by atoms with van der Waals surface area (Å²) in [7, 11) is 0. The van der Waals surface area contributed by atoms with Gasteiger partial charge in [0.05, 0.1) is 38.8 Å². The van der Waals surface area contributed by atoms with E-state index in [1.165, 1.54) is 160 Å². The van der Waals surface area contributed by atoms with Crippen LogP contribution in [0.3, 0.4) is 0 Å². The fourth-order valence-electron chi connectivity index (χ4n) is 22.6. The van der Waals surface area contributed by atoms with Gasteiger partial charge in [0.25, 0.3) is 6.71 Å².